The molecule has 4 aromatic heterocycles. The largest absolute Gasteiger partial charge is 0.441 e. The number of hydrogen-bond donors (Lipinski definition) is 2. The highest BCUT2D eigenvalue weighted by Crippen LogP contribution is 2.29. The summed E-state index contributed by atoms with van der Waals surface area (Å²) in [7, 11) is 1.50. The molecule has 0 saturated heterocycles. The smallest absolute Gasteiger partial charge is 0.433 e. The maximum atomic E-state index is 13.5. The second-order valence-electron chi connectivity index (χ2n) is 7.93. The first-order valence-electron chi connectivity index (χ1n) is 10.9. The lowest BCUT2D eigenvalue weighted by Gasteiger charge is -2.15. The van der Waals surface area contributed by atoms with Crippen molar-refractivity contribution in [2.75, 3.05) is 10.6 Å². The Morgan fingerprint density at radius 2 is 1.85 bits per heavy atom. The van der Waals surface area contributed by atoms with Crippen LogP contribution in [0.15, 0.2) is 48.9 Å². The molecule has 0 fully saturated rings. The molecule has 4 rings (SSSR count). The monoisotopic (exact) mass is 564 g/mol. The Kier molecular flexibility index (Phi) is 7.71. The van der Waals surface area contributed by atoms with Crippen molar-refractivity contribution in [1.82, 2.24) is 29.9 Å². The van der Waals surface area contributed by atoms with Gasteiger partial charge in [-0.25, -0.2) is 18.9 Å². The van der Waals surface area contributed by atoms with E-state index in [2.05, 4.69) is 35.9 Å². The number of alkyl halides is 3. The molecule has 4 aromatic rings. The quantitative estimate of drug-likeness (QED) is 0.245. The number of pyridine rings is 3. The summed E-state index contributed by atoms with van der Waals surface area (Å²) in [6.45, 7) is 1.48. The van der Waals surface area contributed by atoms with E-state index in [-0.39, 0.29) is 39.2 Å². The molecule has 4 heterocycles. The van der Waals surface area contributed by atoms with E-state index in [9.17, 15) is 27.2 Å². The predicted molar refractivity (Wildman–Crippen MR) is 129 cm³/mol. The topological polar surface area (TPSA) is 137 Å². The Labute approximate surface area is 222 Å². The van der Waals surface area contributed by atoms with E-state index in [0.717, 1.165) is 24.5 Å². The summed E-state index contributed by atoms with van der Waals surface area (Å²) in [6, 6.07) is 5.75. The molecule has 1 atom stereocenters. The average molecular weight is 565 g/mol. The minimum atomic E-state index is -4.70. The third kappa shape index (κ3) is 6.43. The van der Waals surface area contributed by atoms with E-state index < -0.39 is 35.8 Å². The minimum Gasteiger partial charge on any atom is -0.441 e. The minimum absolute atomic E-state index is 0.0271. The Bertz CT molecular complexity index is 1530. The zero-order valence-electron chi connectivity index (χ0n) is 20.0. The molecule has 202 valence electrons. The van der Waals surface area contributed by atoms with Crippen molar-refractivity contribution in [1.29, 1.82) is 0 Å². The summed E-state index contributed by atoms with van der Waals surface area (Å²) < 4.78 is 58.7. The molecule has 2 amide bonds. The van der Waals surface area contributed by atoms with Gasteiger partial charge in [0.25, 0.3) is 5.91 Å². The number of aryl methyl sites for hydroxylation is 1. The van der Waals surface area contributed by atoms with Crippen LogP contribution in [0.25, 0.3) is 11.4 Å². The van der Waals surface area contributed by atoms with E-state index >= 15 is 0 Å². The summed E-state index contributed by atoms with van der Waals surface area (Å²) in [5, 5.41) is 12.7. The Morgan fingerprint density at radius 1 is 1.08 bits per heavy atom. The molecule has 39 heavy (non-hydrogen) atoms. The van der Waals surface area contributed by atoms with Crippen LogP contribution in [0.2, 0.25) is 5.15 Å². The molecule has 0 spiro atoms. The molecule has 0 bridgehead atoms. The second kappa shape index (κ2) is 11.0. The third-order valence-electron chi connectivity index (χ3n) is 5.18. The lowest BCUT2D eigenvalue weighted by atomic mass is 10.2. The zero-order chi connectivity index (χ0) is 28.3. The van der Waals surface area contributed by atoms with Crippen molar-refractivity contribution >= 4 is 35.1 Å². The van der Waals surface area contributed by atoms with E-state index in [4.69, 9.17) is 16.3 Å². The van der Waals surface area contributed by atoms with Gasteiger partial charge < -0.3 is 10.1 Å². The van der Waals surface area contributed by atoms with Gasteiger partial charge in [-0.15, -0.1) is 5.10 Å². The number of amides is 2. The number of aromatic nitrogens is 6. The molecule has 0 aliphatic rings. The summed E-state index contributed by atoms with van der Waals surface area (Å²) in [5.41, 5.74) is -0.712. The summed E-state index contributed by atoms with van der Waals surface area (Å²) in [4.78, 5) is 36.0. The molecule has 16 heteroatoms. The Hall–Kier alpha value is -4.66. The van der Waals surface area contributed by atoms with Crippen LogP contribution in [0.1, 0.15) is 34.6 Å². The number of carbonyl (C=O) groups excluding carboxylic acids is 2. The van der Waals surface area contributed by atoms with E-state index in [1.54, 1.807) is 0 Å². The standard InChI is InChI=1S/C23H17ClF4N8O3/c1-11(15-8-13(25)9-31-19(15)24)39-22(38)33-20-18(34-35-36(20)2)16-4-3-14(10-30-16)32-21(37)12-5-6-29-17(7-12)23(26,27)28/h3-11H,1-2H3,(H,32,37)(H,33,38)/t11-/m1/s1. The van der Waals surface area contributed by atoms with Crippen LogP contribution in [-0.2, 0) is 18.0 Å². The van der Waals surface area contributed by atoms with Gasteiger partial charge in [-0.05, 0) is 37.3 Å². The first-order valence-corrected chi connectivity index (χ1v) is 11.3. The van der Waals surface area contributed by atoms with Gasteiger partial charge in [0, 0.05) is 24.4 Å². The molecular weight excluding hydrogens is 548 g/mol. The predicted octanol–water partition coefficient (Wildman–Crippen LogP) is 5.04. The maximum Gasteiger partial charge on any atom is 0.433 e. The van der Waals surface area contributed by atoms with Crippen LogP contribution in [0, 0.1) is 5.82 Å². The van der Waals surface area contributed by atoms with Crippen molar-refractivity contribution in [3.8, 4) is 11.4 Å². The second-order valence-corrected chi connectivity index (χ2v) is 8.29. The lowest BCUT2D eigenvalue weighted by molar-refractivity contribution is -0.141. The van der Waals surface area contributed by atoms with Crippen LogP contribution in [-0.4, -0.2) is 41.9 Å². The molecule has 0 aliphatic heterocycles. The van der Waals surface area contributed by atoms with E-state index in [1.165, 1.54) is 37.0 Å². The fraction of sp³-hybridized carbons (Fsp3) is 0.174. The van der Waals surface area contributed by atoms with Crippen LogP contribution >= 0.6 is 11.6 Å². The average Bonchev–Trinajstić information content (AvgIpc) is 3.25. The van der Waals surface area contributed by atoms with E-state index in [0.29, 0.717) is 6.07 Å². The van der Waals surface area contributed by atoms with Crippen molar-refractivity contribution in [3.05, 3.63) is 76.7 Å². The van der Waals surface area contributed by atoms with Gasteiger partial charge in [-0.1, -0.05) is 16.8 Å². The summed E-state index contributed by atoms with van der Waals surface area (Å²) >= 11 is 5.96. The van der Waals surface area contributed by atoms with Gasteiger partial charge in [-0.2, -0.15) is 13.2 Å². The fourth-order valence-electron chi connectivity index (χ4n) is 3.28. The molecule has 0 saturated carbocycles. The lowest BCUT2D eigenvalue weighted by Crippen LogP contribution is -2.19. The molecule has 11 nitrogen and oxygen atoms in total. The highest BCUT2D eigenvalue weighted by Gasteiger charge is 2.33. The third-order valence-corrected chi connectivity index (χ3v) is 5.49. The summed E-state index contributed by atoms with van der Waals surface area (Å²) in [5.74, 6) is -1.35. The number of anilines is 2. The number of halogens is 5. The molecule has 0 unspecified atom stereocenters. The SMILES string of the molecule is C[C@@H](OC(=O)Nc1c(-c2ccc(NC(=O)c3ccnc(C(F)(F)F)c3)cn2)nnn1C)c1cc(F)cnc1Cl. The van der Waals surface area contributed by atoms with Gasteiger partial charge in [0.2, 0.25) is 0 Å². The zero-order valence-corrected chi connectivity index (χ0v) is 20.7. The molecular formula is C23H17ClF4N8O3. The number of hydrogen-bond acceptors (Lipinski definition) is 8. The van der Waals surface area contributed by atoms with Gasteiger partial charge >= 0.3 is 12.3 Å². The fourth-order valence-corrected chi connectivity index (χ4v) is 3.54. The molecule has 0 aliphatic carbocycles. The van der Waals surface area contributed by atoms with Gasteiger partial charge in [-0.3, -0.25) is 20.1 Å². The molecule has 2 N–H and O–H groups in total. The van der Waals surface area contributed by atoms with Crippen molar-refractivity contribution in [2.24, 2.45) is 7.05 Å². The first kappa shape index (κ1) is 27.4. The van der Waals surface area contributed by atoms with Crippen LogP contribution < -0.4 is 10.6 Å². The van der Waals surface area contributed by atoms with Gasteiger partial charge in [0.1, 0.15) is 22.8 Å². The van der Waals surface area contributed by atoms with Crippen molar-refractivity contribution < 1.29 is 31.9 Å². The van der Waals surface area contributed by atoms with Crippen LogP contribution in [0.4, 0.5) is 33.9 Å². The highest BCUT2D eigenvalue weighted by atomic mass is 35.5. The normalized spacial score (nSPS) is 12.1. The number of nitrogens with one attached hydrogen (secondary N) is 2. The Morgan fingerprint density at radius 3 is 2.54 bits per heavy atom. The highest BCUT2D eigenvalue weighted by molar-refractivity contribution is 6.30. The first-order chi connectivity index (χ1) is 18.4. The van der Waals surface area contributed by atoms with Gasteiger partial charge in [0.05, 0.1) is 23.8 Å². The number of carbonyl (C=O) groups is 2. The van der Waals surface area contributed by atoms with E-state index in [1.807, 2.05) is 0 Å². The number of rotatable bonds is 6. The van der Waals surface area contributed by atoms with Crippen LogP contribution in [0.3, 0.4) is 0 Å². The number of ether oxygens (including phenoxy) is 1. The molecule has 0 aromatic carbocycles. The molecule has 0 radical (unpaired) electrons. The van der Waals surface area contributed by atoms with Crippen LogP contribution in [0.5, 0.6) is 0 Å². The van der Waals surface area contributed by atoms with Gasteiger partial charge in [0.15, 0.2) is 11.5 Å². The summed E-state index contributed by atoms with van der Waals surface area (Å²) in [6.07, 6.45) is -3.50. The number of nitrogens with zero attached hydrogens (tertiary/aromatic N) is 6. The Balaban J connectivity index is 1.45. The van der Waals surface area contributed by atoms with Crippen molar-refractivity contribution in [2.45, 2.75) is 19.2 Å². The maximum absolute atomic E-state index is 13.5. The van der Waals surface area contributed by atoms with Crippen molar-refractivity contribution in [3.63, 3.8) is 0 Å².